The highest BCUT2D eigenvalue weighted by Crippen LogP contribution is 2.25. The van der Waals surface area contributed by atoms with E-state index in [4.69, 9.17) is 22.8 Å². The van der Waals surface area contributed by atoms with Crippen LogP contribution in [0.2, 0.25) is 6.04 Å². The number of rotatable bonds is 21. The smallest absolute Gasteiger partial charge is 0.374 e. The molecule has 0 spiro atoms. The van der Waals surface area contributed by atoms with Crippen LogP contribution in [0.3, 0.4) is 0 Å². The summed E-state index contributed by atoms with van der Waals surface area (Å²) in [6, 6.07) is 19.0. The molecule has 222 valence electrons. The summed E-state index contributed by atoms with van der Waals surface area (Å²) < 4.78 is 29.2. The summed E-state index contributed by atoms with van der Waals surface area (Å²) in [5.41, 5.74) is 5.19. The number of benzene rings is 2. The predicted octanol–water partition coefficient (Wildman–Crippen LogP) is 5.93. The SMILES string of the molecule is CCCCN(CCC[Si](OCC)(OCC)OCC)c1ccc(Cc2ccc(N(CC3CO3)CC3CO3)cc2)cc1. The highest BCUT2D eigenvalue weighted by molar-refractivity contribution is 6.60. The van der Waals surface area contributed by atoms with Gasteiger partial charge in [0.2, 0.25) is 0 Å². The summed E-state index contributed by atoms with van der Waals surface area (Å²) in [5.74, 6) is 0. The van der Waals surface area contributed by atoms with Crippen LogP contribution >= 0.6 is 0 Å². The van der Waals surface area contributed by atoms with Gasteiger partial charge in [-0.05, 0) is 75.4 Å². The second-order valence-electron chi connectivity index (χ2n) is 10.8. The molecule has 4 rings (SSSR count). The van der Waals surface area contributed by atoms with Crippen molar-refractivity contribution >= 4 is 20.2 Å². The van der Waals surface area contributed by atoms with Crippen molar-refractivity contribution in [1.82, 2.24) is 0 Å². The van der Waals surface area contributed by atoms with E-state index in [9.17, 15) is 0 Å². The molecule has 2 saturated heterocycles. The van der Waals surface area contributed by atoms with Crippen LogP contribution < -0.4 is 9.80 Å². The molecule has 0 saturated carbocycles. The zero-order chi connectivity index (χ0) is 28.2. The normalized spacial score (nSPS) is 18.1. The van der Waals surface area contributed by atoms with Gasteiger partial charge in [-0.3, -0.25) is 0 Å². The highest BCUT2D eigenvalue weighted by atomic mass is 28.4. The molecule has 2 heterocycles. The summed E-state index contributed by atoms with van der Waals surface area (Å²) in [6.07, 6.45) is 5.02. The van der Waals surface area contributed by atoms with Crippen LogP contribution in [0.4, 0.5) is 11.4 Å². The van der Waals surface area contributed by atoms with Gasteiger partial charge in [0, 0.05) is 63.4 Å². The lowest BCUT2D eigenvalue weighted by molar-refractivity contribution is 0.0709. The van der Waals surface area contributed by atoms with E-state index in [1.807, 2.05) is 20.8 Å². The number of ether oxygens (including phenoxy) is 2. The fourth-order valence-electron chi connectivity index (χ4n) is 5.22. The van der Waals surface area contributed by atoms with Gasteiger partial charge < -0.3 is 32.6 Å². The molecule has 2 aliphatic rings. The lowest BCUT2D eigenvalue weighted by atomic mass is 10.0. The van der Waals surface area contributed by atoms with E-state index >= 15 is 0 Å². The second kappa shape index (κ2) is 15.9. The van der Waals surface area contributed by atoms with Gasteiger partial charge in [0.25, 0.3) is 0 Å². The first kappa shape index (κ1) is 31.0. The average molecular weight is 571 g/mol. The quantitative estimate of drug-likeness (QED) is 0.136. The Morgan fingerprint density at radius 3 is 1.55 bits per heavy atom. The molecular formula is C32H50N2O5Si. The third-order valence-corrected chi connectivity index (χ3v) is 10.6. The van der Waals surface area contributed by atoms with Crippen LogP contribution in [0.5, 0.6) is 0 Å². The Morgan fingerprint density at radius 2 is 1.12 bits per heavy atom. The summed E-state index contributed by atoms with van der Waals surface area (Å²) in [7, 11) is -2.61. The van der Waals surface area contributed by atoms with E-state index < -0.39 is 8.80 Å². The predicted molar refractivity (Wildman–Crippen MR) is 165 cm³/mol. The molecule has 8 heteroatoms. The largest absolute Gasteiger partial charge is 0.500 e. The number of anilines is 2. The first-order valence-electron chi connectivity index (χ1n) is 15.4. The van der Waals surface area contributed by atoms with Crippen LogP contribution in [-0.4, -0.2) is 80.2 Å². The molecule has 2 unspecified atom stereocenters. The number of hydrogen-bond donors (Lipinski definition) is 0. The fraction of sp³-hybridized carbons (Fsp3) is 0.625. The standard InChI is InChI=1S/C32H50N2O5Si/c1-5-9-19-33(20-10-21-40(37-6-2,38-7-3)39-8-4)29-15-11-27(12-16-29)22-28-13-17-30(18-14-28)34(23-31-25-35-31)24-32-26-36-32/h11-18,31-32H,5-10,19-26H2,1-4H3. The molecule has 2 atom stereocenters. The van der Waals surface area contributed by atoms with E-state index in [0.29, 0.717) is 32.0 Å². The van der Waals surface area contributed by atoms with E-state index in [0.717, 1.165) is 58.3 Å². The van der Waals surface area contributed by atoms with Gasteiger partial charge in [0.05, 0.1) is 25.4 Å². The van der Waals surface area contributed by atoms with E-state index in [1.54, 1.807) is 0 Å². The number of nitrogens with zero attached hydrogens (tertiary/aromatic N) is 2. The van der Waals surface area contributed by atoms with Crippen molar-refractivity contribution in [3.8, 4) is 0 Å². The Bertz CT molecular complexity index is 951. The topological polar surface area (TPSA) is 59.2 Å². The minimum Gasteiger partial charge on any atom is -0.374 e. The summed E-state index contributed by atoms with van der Waals surface area (Å²) >= 11 is 0. The average Bonchev–Trinajstić information content (AvgIpc) is 3.89. The molecule has 0 N–H and O–H groups in total. The molecular weight excluding hydrogens is 520 g/mol. The van der Waals surface area contributed by atoms with Crippen molar-refractivity contribution in [3.05, 3.63) is 59.7 Å². The molecule has 2 aliphatic heterocycles. The summed E-state index contributed by atoms with van der Waals surface area (Å²) in [4.78, 5) is 4.91. The zero-order valence-corrected chi connectivity index (χ0v) is 26.1. The van der Waals surface area contributed by atoms with E-state index in [-0.39, 0.29) is 0 Å². The molecule has 2 aromatic carbocycles. The molecule has 2 fully saturated rings. The van der Waals surface area contributed by atoms with Gasteiger partial charge in [-0.15, -0.1) is 0 Å². The first-order valence-corrected chi connectivity index (χ1v) is 17.3. The number of epoxide rings is 2. The van der Waals surface area contributed by atoms with Gasteiger partial charge in [-0.1, -0.05) is 37.6 Å². The highest BCUT2D eigenvalue weighted by Gasteiger charge is 2.39. The molecule has 40 heavy (non-hydrogen) atoms. The minimum atomic E-state index is -2.61. The van der Waals surface area contributed by atoms with Crippen LogP contribution in [0, 0.1) is 0 Å². The van der Waals surface area contributed by atoms with Crippen molar-refractivity contribution in [1.29, 1.82) is 0 Å². The molecule has 0 aliphatic carbocycles. The Hall–Kier alpha value is -1.94. The molecule has 0 bridgehead atoms. The Balaban J connectivity index is 1.34. The summed E-state index contributed by atoms with van der Waals surface area (Å²) in [5, 5.41) is 0. The minimum absolute atomic E-state index is 0.373. The van der Waals surface area contributed by atoms with Crippen LogP contribution in [-0.2, 0) is 29.2 Å². The second-order valence-corrected chi connectivity index (χ2v) is 13.5. The third kappa shape index (κ3) is 9.85. The summed E-state index contributed by atoms with van der Waals surface area (Å²) in [6.45, 7) is 15.9. The van der Waals surface area contributed by atoms with E-state index in [2.05, 4.69) is 65.3 Å². The van der Waals surface area contributed by atoms with Gasteiger partial charge in [-0.2, -0.15) is 0 Å². The monoisotopic (exact) mass is 570 g/mol. The van der Waals surface area contributed by atoms with Crippen molar-refractivity contribution < 1.29 is 22.8 Å². The molecule has 2 aromatic rings. The number of unbranched alkanes of at least 4 members (excludes halogenated alkanes) is 1. The molecule has 0 aromatic heterocycles. The lowest BCUT2D eigenvalue weighted by Gasteiger charge is -2.30. The van der Waals surface area contributed by atoms with Gasteiger partial charge >= 0.3 is 8.80 Å². The van der Waals surface area contributed by atoms with E-state index in [1.165, 1.54) is 35.3 Å². The van der Waals surface area contributed by atoms with Crippen molar-refractivity contribution in [3.63, 3.8) is 0 Å². The maximum absolute atomic E-state index is 6.07. The van der Waals surface area contributed by atoms with Crippen LogP contribution in [0.1, 0.15) is 58.1 Å². The number of hydrogen-bond acceptors (Lipinski definition) is 7. The fourth-order valence-corrected chi connectivity index (χ4v) is 7.81. The van der Waals surface area contributed by atoms with Gasteiger partial charge in [-0.25, -0.2) is 0 Å². The van der Waals surface area contributed by atoms with Gasteiger partial charge in [0.1, 0.15) is 0 Å². The van der Waals surface area contributed by atoms with Gasteiger partial charge in [0.15, 0.2) is 0 Å². The van der Waals surface area contributed by atoms with Crippen molar-refractivity contribution in [2.24, 2.45) is 0 Å². The Morgan fingerprint density at radius 1 is 0.675 bits per heavy atom. The maximum Gasteiger partial charge on any atom is 0.500 e. The van der Waals surface area contributed by atoms with Crippen molar-refractivity contribution in [2.45, 2.75) is 71.6 Å². The Labute approximate surface area is 243 Å². The van der Waals surface area contributed by atoms with Crippen LogP contribution in [0.25, 0.3) is 0 Å². The molecule has 7 nitrogen and oxygen atoms in total. The maximum atomic E-state index is 6.07. The van der Waals surface area contributed by atoms with Crippen molar-refractivity contribution in [2.75, 3.05) is 69.0 Å². The zero-order valence-electron chi connectivity index (χ0n) is 25.1. The lowest BCUT2D eigenvalue weighted by Crippen LogP contribution is -2.46. The van der Waals surface area contributed by atoms with Crippen LogP contribution in [0.15, 0.2) is 48.5 Å². The first-order chi connectivity index (χ1) is 19.6. The molecule has 0 radical (unpaired) electrons. The molecule has 0 amide bonds. The third-order valence-electron chi connectivity index (χ3n) is 7.45. The Kier molecular flexibility index (Phi) is 12.3.